The number of ketones is 1. The van der Waals surface area contributed by atoms with E-state index in [0.29, 0.717) is 29.4 Å². The first-order chi connectivity index (χ1) is 10.2. The van der Waals surface area contributed by atoms with Gasteiger partial charge >= 0.3 is 0 Å². The minimum atomic E-state index is -0.890. The Morgan fingerprint density at radius 1 is 1.19 bits per heavy atom. The van der Waals surface area contributed by atoms with E-state index in [1.54, 1.807) is 30.3 Å². The minimum absolute atomic E-state index is 0.236. The Morgan fingerprint density at radius 2 is 1.95 bits per heavy atom. The zero-order chi connectivity index (χ0) is 14.8. The Hall–Kier alpha value is -2.15. The molecule has 0 N–H and O–H groups in total. The van der Waals surface area contributed by atoms with Gasteiger partial charge in [-0.3, -0.25) is 4.79 Å². The van der Waals surface area contributed by atoms with E-state index < -0.39 is 5.92 Å². The highest BCUT2D eigenvalue weighted by Gasteiger charge is 2.25. The van der Waals surface area contributed by atoms with Crippen LogP contribution in [0.2, 0.25) is 5.02 Å². The van der Waals surface area contributed by atoms with E-state index in [1.165, 1.54) is 0 Å². The maximum atomic E-state index is 12.6. The molecule has 0 radical (unpaired) electrons. The van der Waals surface area contributed by atoms with Crippen LogP contribution in [0.15, 0.2) is 42.5 Å². The first kappa shape index (κ1) is 13.8. The summed E-state index contributed by atoms with van der Waals surface area (Å²) in [7, 11) is 0. The van der Waals surface area contributed by atoms with Crippen molar-refractivity contribution in [1.29, 1.82) is 5.26 Å². The molecule has 0 saturated carbocycles. The van der Waals surface area contributed by atoms with E-state index in [1.807, 2.05) is 12.1 Å². The number of benzene rings is 2. The highest BCUT2D eigenvalue weighted by molar-refractivity contribution is 6.31. The molecule has 0 aliphatic carbocycles. The molecule has 4 heteroatoms. The van der Waals surface area contributed by atoms with Gasteiger partial charge in [-0.1, -0.05) is 41.9 Å². The second kappa shape index (κ2) is 5.69. The molecule has 2 aromatic carbocycles. The number of Topliss-reactive ketones (excluding diaryl/α,β-unsaturated/α-hetero) is 1. The lowest BCUT2D eigenvalue weighted by Crippen LogP contribution is -2.12. The molecule has 1 atom stereocenters. The van der Waals surface area contributed by atoms with Gasteiger partial charge in [0.2, 0.25) is 0 Å². The number of nitriles is 1. The Kier molecular flexibility index (Phi) is 3.74. The summed E-state index contributed by atoms with van der Waals surface area (Å²) in [5.41, 5.74) is 3.17. The van der Waals surface area contributed by atoms with E-state index in [9.17, 15) is 10.1 Å². The number of hydrogen-bond donors (Lipinski definition) is 0. The topological polar surface area (TPSA) is 50.1 Å². The van der Waals surface area contributed by atoms with Crippen molar-refractivity contribution < 1.29 is 9.53 Å². The molecule has 0 fully saturated rings. The summed E-state index contributed by atoms with van der Waals surface area (Å²) in [5.74, 6) is -1.13. The van der Waals surface area contributed by atoms with Gasteiger partial charge in [-0.15, -0.1) is 0 Å². The van der Waals surface area contributed by atoms with Crippen molar-refractivity contribution in [3.05, 3.63) is 69.7 Å². The molecular formula is C17H12ClNO2. The molecule has 2 aromatic rings. The molecule has 1 heterocycles. The number of carbonyl (C=O) groups excluding carboxylic acids is 1. The predicted octanol–water partition coefficient (Wildman–Crippen LogP) is 3.86. The Balaban J connectivity index is 1.97. The van der Waals surface area contributed by atoms with Gasteiger partial charge < -0.3 is 4.74 Å². The van der Waals surface area contributed by atoms with Crippen LogP contribution in [0.25, 0.3) is 0 Å². The van der Waals surface area contributed by atoms with Crippen LogP contribution in [0.4, 0.5) is 0 Å². The molecule has 0 saturated heterocycles. The number of fused-ring (bicyclic) bond motifs is 1. The molecule has 104 valence electrons. The van der Waals surface area contributed by atoms with E-state index in [4.69, 9.17) is 16.3 Å². The summed E-state index contributed by atoms with van der Waals surface area (Å²) < 4.78 is 5.34. The number of rotatable bonds is 3. The fourth-order valence-corrected chi connectivity index (χ4v) is 2.72. The van der Waals surface area contributed by atoms with Crippen LogP contribution >= 0.6 is 11.6 Å². The van der Waals surface area contributed by atoms with Gasteiger partial charge in [0.05, 0.1) is 19.3 Å². The van der Waals surface area contributed by atoms with Crippen molar-refractivity contribution in [2.75, 3.05) is 0 Å². The maximum Gasteiger partial charge on any atom is 0.184 e. The Bertz CT molecular complexity index is 749. The van der Waals surface area contributed by atoms with Crippen molar-refractivity contribution in [3.8, 4) is 6.07 Å². The van der Waals surface area contributed by atoms with Crippen molar-refractivity contribution >= 4 is 17.4 Å². The number of hydrogen-bond acceptors (Lipinski definition) is 3. The molecule has 21 heavy (non-hydrogen) atoms. The third-order valence-corrected chi connectivity index (χ3v) is 3.96. The van der Waals surface area contributed by atoms with Gasteiger partial charge in [0.15, 0.2) is 5.78 Å². The normalized spacial score (nSPS) is 14.3. The standard InChI is InChI=1S/C17H12ClNO2/c18-16-4-2-1-3-14(16)15(8-19)17(20)11-5-6-12-9-21-10-13(12)7-11/h1-7,15H,9-10H2. The monoisotopic (exact) mass is 297 g/mol. The van der Waals surface area contributed by atoms with Gasteiger partial charge in [-0.05, 0) is 28.8 Å². The predicted molar refractivity (Wildman–Crippen MR) is 79.1 cm³/mol. The van der Waals surface area contributed by atoms with Gasteiger partial charge in [0.25, 0.3) is 0 Å². The third-order valence-electron chi connectivity index (χ3n) is 3.61. The average molecular weight is 298 g/mol. The average Bonchev–Trinajstić information content (AvgIpc) is 2.97. The van der Waals surface area contributed by atoms with Crippen LogP contribution in [-0.4, -0.2) is 5.78 Å². The van der Waals surface area contributed by atoms with Gasteiger partial charge in [-0.2, -0.15) is 5.26 Å². The molecule has 0 aromatic heterocycles. The van der Waals surface area contributed by atoms with Crippen molar-refractivity contribution in [2.45, 2.75) is 19.1 Å². The molecule has 1 unspecified atom stereocenters. The van der Waals surface area contributed by atoms with Gasteiger partial charge in [0.1, 0.15) is 5.92 Å². The summed E-state index contributed by atoms with van der Waals surface area (Å²) in [6.45, 7) is 1.09. The van der Waals surface area contributed by atoms with E-state index in [2.05, 4.69) is 6.07 Å². The van der Waals surface area contributed by atoms with Crippen LogP contribution in [-0.2, 0) is 18.0 Å². The lowest BCUT2D eigenvalue weighted by molar-refractivity contribution is 0.0978. The highest BCUT2D eigenvalue weighted by atomic mass is 35.5. The van der Waals surface area contributed by atoms with Crippen LogP contribution in [0.1, 0.15) is 33.0 Å². The third kappa shape index (κ3) is 2.56. The fraction of sp³-hybridized carbons (Fsp3) is 0.176. The molecule has 0 amide bonds. The molecule has 3 rings (SSSR count). The lowest BCUT2D eigenvalue weighted by Gasteiger charge is -2.11. The summed E-state index contributed by atoms with van der Waals surface area (Å²) in [6.07, 6.45) is 0. The lowest BCUT2D eigenvalue weighted by atomic mass is 9.90. The van der Waals surface area contributed by atoms with E-state index >= 15 is 0 Å². The SMILES string of the molecule is N#CC(C(=O)c1ccc2c(c1)COC2)c1ccccc1Cl. The molecule has 1 aliphatic rings. The van der Waals surface area contributed by atoms with Crippen LogP contribution in [0.5, 0.6) is 0 Å². The first-order valence-corrected chi connectivity index (χ1v) is 6.96. The second-order valence-corrected chi connectivity index (χ2v) is 5.33. The smallest absolute Gasteiger partial charge is 0.184 e. The molecular weight excluding hydrogens is 286 g/mol. The number of ether oxygens (including phenoxy) is 1. The summed E-state index contributed by atoms with van der Waals surface area (Å²) in [4.78, 5) is 12.6. The number of halogens is 1. The quantitative estimate of drug-likeness (QED) is 0.808. The summed E-state index contributed by atoms with van der Waals surface area (Å²) in [5, 5.41) is 9.81. The summed E-state index contributed by atoms with van der Waals surface area (Å²) >= 11 is 6.10. The zero-order valence-corrected chi connectivity index (χ0v) is 11.9. The van der Waals surface area contributed by atoms with Crippen LogP contribution in [0, 0.1) is 11.3 Å². The van der Waals surface area contributed by atoms with Crippen molar-refractivity contribution in [2.24, 2.45) is 0 Å². The van der Waals surface area contributed by atoms with Gasteiger partial charge in [0, 0.05) is 10.6 Å². The largest absolute Gasteiger partial charge is 0.372 e. The van der Waals surface area contributed by atoms with E-state index in [0.717, 1.165) is 11.1 Å². The molecule has 0 bridgehead atoms. The van der Waals surface area contributed by atoms with Crippen LogP contribution in [0.3, 0.4) is 0 Å². The van der Waals surface area contributed by atoms with Gasteiger partial charge in [-0.25, -0.2) is 0 Å². The molecule has 0 spiro atoms. The maximum absolute atomic E-state index is 12.6. The number of nitrogens with zero attached hydrogens (tertiary/aromatic N) is 1. The van der Waals surface area contributed by atoms with Crippen molar-refractivity contribution in [1.82, 2.24) is 0 Å². The Labute approximate surface area is 127 Å². The minimum Gasteiger partial charge on any atom is -0.372 e. The molecule has 3 nitrogen and oxygen atoms in total. The summed E-state index contributed by atoms with van der Waals surface area (Å²) in [6, 6.07) is 14.5. The second-order valence-electron chi connectivity index (χ2n) is 4.92. The number of carbonyl (C=O) groups is 1. The highest BCUT2D eigenvalue weighted by Crippen LogP contribution is 2.29. The van der Waals surface area contributed by atoms with Crippen molar-refractivity contribution in [3.63, 3.8) is 0 Å². The fourth-order valence-electron chi connectivity index (χ4n) is 2.47. The van der Waals surface area contributed by atoms with Crippen LogP contribution < -0.4 is 0 Å². The zero-order valence-electron chi connectivity index (χ0n) is 11.2. The molecule has 1 aliphatic heterocycles. The first-order valence-electron chi connectivity index (χ1n) is 6.58. The van der Waals surface area contributed by atoms with E-state index in [-0.39, 0.29) is 5.78 Å². The Morgan fingerprint density at radius 3 is 2.71 bits per heavy atom.